The minimum absolute atomic E-state index is 0.00927. The Kier molecular flexibility index (Phi) is 8.43. The lowest BCUT2D eigenvalue weighted by atomic mass is 9.96. The van der Waals surface area contributed by atoms with Gasteiger partial charge in [0.1, 0.15) is 35.4 Å². The van der Waals surface area contributed by atoms with Crippen LogP contribution in [-0.4, -0.2) is 51.2 Å². The largest absolute Gasteiger partial charge is 0.490 e. The molecule has 10 nitrogen and oxygen atoms in total. The average molecular weight is 643 g/mol. The van der Waals surface area contributed by atoms with Gasteiger partial charge in [0.25, 0.3) is 5.56 Å². The highest BCUT2D eigenvalue weighted by atomic mass is 32.1. The van der Waals surface area contributed by atoms with E-state index in [-0.39, 0.29) is 41.7 Å². The van der Waals surface area contributed by atoms with Crippen molar-refractivity contribution in [2.45, 2.75) is 13.0 Å². The number of hydrogen-bond acceptors (Lipinski definition) is 8. The second-order valence-electron chi connectivity index (χ2n) is 10.5. The van der Waals surface area contributed by atoms with Gasteiger partial charge < -0.3 is 14.8 Å². The third kappa shape index (κ3) is 5.66. The molecule has 0 saturated heterocycles. The number of nitrogens with one attached hydrogen (secondary N) is 2. The third-order valence-corrected chi connectivity index (χ3v) is 8.43. The van der Waals surface area contributed by atoms with Gasteiger partial charge in [-0.3, -0.25) is 14.7 Å². The van der Waals surface area contributed by atoms with E-state index < -0.39 is 17.7 Å². The molecule has 0 unspecified atom stereocenters. The van der Waals surface area contributed by atoms with Crippen molar-refractivity contribution < 1.29 is 23.0 Å². The summed E-state index contributed by atoms with van der Waals surface area (Å²) in [5.74, 6) is -2.04. The van der Waals surface area contributed by atoms with Crippen LogP contribution in [0.5, 0.6) is 5.75 Å². The number of ether oxygens (including phenoxy) is 2. The molecule has 0 spiro atoms. The Bertz CT molecular complexity index is 2190. The molecule has 2 aromatic carbocycles. The summed E-state index contributed by atoms with van der Waals surface area (Å²) < 4.78 is 43.3. The molecule has 0 aliphatic heterocycles. The first-order valence-corrected chi connectivity index (χ1v) is 15.1. The number of carbonyl (C=O) groups excluding carboxylic acids is 1. The fourth-order valence-electron chi connectivity index (χ4n) is 5.21. The van der Waals surface area contributed by atoms with Gasteiger partial charge in [0.05, 0.1) is 41.2 Å². The second-order valence-corrected chi connectivity index (χ2v) is 11.4. The molecule has 46 heavy (non-hydrogen) atoms. The van der Waals surface area contributed by atoms with Gasteiger partial charge in [-0.15, -0.1) is 11.3 Å². The Morgan fingerprint density at radius 3 is 2.74 bits per heavy atom. The molecular formula is C33H28F2N6O4S. The van der Waals surface area contributed by atoms with Gasteiger partial charge in [0, 0.05) is 52.9 Å². The third-order valence-electron chi connectivity index (χ3n) is 7.49. The molecule has 234 valence electrons. The maximum atomic E-state index is 15.9. The van der Waals surface area contributed by atoms with Gasteiger partial charge in [0.2, 0.25) is 5.91 Å². The topological polar surface area (TPSA) is 124 Å². The number of methoxy groups -OCH3 is 1. The maximum Gasteiger partial charge on any atom is 0.274 e. The summed E-state index contributed by atoms with van der Waals surface area (Å²) in [5, 5.41) is 18.0. The Morgan fingerprint density at radius 1 is 1.13 bits per heavy atom. The first kappa shape index (κ1) is 30.7. The number of fused-ring (bicyclic) bond motifs is 2. The zero-order valence-electron chi connectivity index (χ0n) is 25.1. The van der Waals surface area contributed by atoms with E-state index in [1.54, 1.807) is 38.4 Å². The van der Waals surface area contributed by atoms with E-state index in [1.807, 2.05) is 17.5 Å². The molecule has 13 heteroatoms. The fourth-order valence-corrected chi connectivity index (χ4v) is 6.16. The SMILES string of the molecule is C=CC(=O)N[C@H](C)c1cc(-c2nc(-c3ccc4cnn(C)c(=O)c4c3)c3ccsc3c2-c2c(F)cc(F)cc2OCCOC)n[nH]1. The number of benzene rings is 2. The van der Waals surface area contributed by atoms with E-state index in [1.165, 1.54) is 29.2 Å². The number of H-pyrrole nitrogens is 1. The van der Waals surface area contributed by atoms with Gasteiger partial charge in [-0.2, -0.15) is 10.2 Å². The molecule has 6 aromatic rings. The van der Waals surface area contributed by atoms with Crippen molar-refractivity contribution in [2.75, 3.05) is 20.3 Å². The number of nitrogens with zero attached hydrogens (tertiary/aromatic N) is 4. The lowest BCUT2D eigenvalue weighted by Crippen LogP contribution is -2.24. The van der Waals surface area contributed by atoms with Crippen LogP contribution in [-0.2, 0) is 16.6 Å². The normalized spacial score (nSPS) is 12.0. The molecule has 4 heterocycles. The van der Waals surface area contributed by atoms with E-state index in [0.29, 0.717) is 49.1 Å². The Hall–Kier alpha value is -5.27. The fraction of sp³-hybridized carbons (Fsp3) is 0.182. The van der Waals surface area contributed by atoms with Gasteiger partial charge >= 0.3 is 0 Å². The van der Waals surface area contributed by atoms with Crippen LogP contribution >= 0.6 is 11.3 Å². The maximum absolute atomic E-state index is 15.9. The van der Waals surface area contributed by atoms with Crippen LogP contribution in [0.3, 0.4) is 0 Å². The monoisotopic (exact) mass is 642 g/mol. The van der Waals surface area contributed by atoms with Gasteiger partial charge in [-0.1, -0.05) is 18.7 Å². The van der Waals surface area contributed by atoms with E-state index in [0.717, 1.165) is 12.1 Å². The quantitative estimate of drug-likeness (QED) is 0.140. The summed E-state index contributed by atoms with van der Waals surface area (Å²) in [6.45, 7) is 5.51. The van der Waals surface area contributed by atoms with Gasteiger partial charge in [-0.05, 0) is 36.6 Å². The van der Waals surface area contributed by atoms with Crippen molar-refractivity contribution in [3.63, 3.8) is 0 Å². The molecule has 0 fully saturated rings. The molecule has 0 radical (unpaired) electrons. The predicted molar refractivity (Wildman–Crippen MR) is 173 cm³/mol. The highest BCUT2D eigenvalue weighted by Gasteiger charge is 2.27. The molecule has 0 saturated carbocycles. The smallest absolute Gasteiger partial charge is 0.274 e. The summed E-state index contributed by atoms with van der Waals surface area (Å²) in [6.07, 6.45) is 2.78. The summed E-state index contributed by atoms with van der Waals surface area (Å²) in [5.41, 5.74) is 2.44. The number of aryl methyl sites for hydroxylation is 1. The van der Waals surface area contributed by atoms with Crippen LogP contribution < -0.4 is 15.6 Å². The van der Waals surface area contributed by atoms with Gasteiger partial charge in [0.15, 0.2) is 0 Å². The van der Waals surface area contributed by atoms with Crippen LogP contribution in [0.4, 0.5) is 8.78 Å². The first-order chi connectivity index (χ1) is 22.2. The molecule has 2 N–H and O–H groups in total. The molecule has 6 rings (SSSR count). The Balaban J connectivity index is 1.64. The number of thiophene rings is 1. The van der Waals surface area contributed by atoms with Crippen molar-refractivity contribution in [1.82, 2.24) is 30.3 Å². The Morgan fingerprint density at radius 2 is 1.96 bits per heavy atom. The summed E-state index contributed by atoms with van der Waals surface area (Å²) in [4.78, 5) is 30.0. The standard InChI is InChI=1S/C33H28F2N6O4S/c1-5-27(42)37-17(2)24-15-25(40-39-24)31-29(28-23(35)13-20(34)14-26(28)45-10-9-44-4)32-21(8-11-46-32)30(38-31)18-6-7-19-16-36-41(3)33(43)22(19)12-18/h5-8,11-17H,1,9-10H2,2-4H3,(H,37,42)(H,39,40)/t17-/m1/s1. The average Bonchev–Trinajstić information content (AvgIpc) is 3.73. The van der Waals surface area contributed by atoms with Gasteiger partial charge in [-0.25, -0.2) is 18.4 Å². The minimum Gasteiger partial charge on any atom is -0.490 e. The van der Waals surface area contributed by atoms with Crippen LogP contribution in [0, 0.1) is 11.6 Å². The molecule has 1 amide bonds. The number of halogens is 2. The number of pyridine rings is 1. The van der Waals surface area contributed by atoms with Crippen molar-refractivity contribution in [3.05, 3.63) is 94.4 Å². The summed E-state index contributed by atoms with van der Waals surface area (Å²) >= 11 is 1.35. The summed E-state index contributed by atoms with van der Waals surface area (Å²) in [6, 6.07) is 10.4. The van der Waals surface area contributed by atoms with E-state index in [9.17, 15) is 14.0 Å². The number of aromatic nitrogens is 5. The number of rotatable bonds is 10. The van der Waals surface area contributed by atoms with Crippen molar-refractivity contribution in [3.8, 4) is 39.5 Å². The zero-order chi connectivity index (χ0) is 32.5. The van der Waals surface area contributed by atoms with Crippen molar-refractivity contribution in [1.29, 1.82) is 0 Å². The van der Waals surface area contributed by atoms with E-state index in [2.05, 4.69) is 27.2 Å². The van der Waals surface area contributed by atoms with Crippen LogP contribution in [0.25, 0.3) is 54.6 Å². The molecule has 0 aliphatic rings. The highest BCUT2D eigenvalue weighted by Crippen LogP contribution is 2.47. The molecule has 1 atom stereocenters. The number of hydrogen-bond donors (Lipinski definition) is 2. The van der Waals surface area contributed by atoms with Crippen LogP contribution in [0.1, 0.15) is 18.7 Å². The molecule has 0 bridgehead atoms. The molecular weight excluding hydrogens is 614 g/mol. The Labute approximate surface area is 265 Å². The van der Waals surface area contributed by atoms with E-state index in [4.69, 9.17) is 14.5 Å². The van der Waals surface area contributed by atoms with Crippen molar-refractivity contribution in [2.24, 2.45) is 7.05 Å². The molecule has 0 aliphatic carbocycles. The second kappa shape index (κ2) is 12.6. The minimum atomic E-state index is -0.845. The first-order valence-electron chi connectivity index (χ1n) is 14.2. The summed E-state index contributed by atoms with van der Waals surface area (Å²) in [7, 11) is 3.08. The predicted octanol–water partition coefficient (Wildman–Crippen LogP) is 5.93. The number of aromatic amines is 1. The van der Waals surface area contributed by atoms with Crippen LogP contribution in [0.2, 0.25) is 0 Å². The highest BCUT2D eigenvalue weighted by molar-refractivity contribution is 7.18. The van der Waals surface area contributed by atoms with Crippen LogP contribution in [0.15, 0.2) is 71.5 Å². The van der Waals surface area contributed by atoms with Crippen molar-refractivity contribution >= 4 is 38.1 Å². The number of amides is 1. The lowest BCUT2D eigenvalue weighted by Gasteiger charge is -2.17. The lowest BCUT2D eigenvalue weighted by molar-refractivity contribution is -0.117. The zero-order valence-corrected chi connectivity index (χ0v) is 25.9. The molecule has 4 aromatic heterocycles. The van der Waals surface area contributed by atoms with E-state index >= 15 is 4.39 Å². The number of carbonyl (C=O) groups is 1.